The van der Waals surface area contributed by atoms with Crippen LogP contribution in [0.25, 0.3) is 0 Å². The number of carbonyl (C=O) groups is 2. The number of rotatable bonds is 5. The summed E-state index contributed by atoms with van der Waals surface area (Å²) in [5.41, 5.74) is 0.223. The molecule has 17 heavy (non-hydrogen) atoms. The molecule has 1 atom stereocenters. The Labute approximate surface area is 98.0 Å². The second kappa shape index (κ2) is 4.57. The number of aliphatic carboxylic acids is 1. The highest BCUT2D eigenvalue weighted by Crippen LogP contribution is 2.34. The number of hydrogen-bond acceptors (Lipinski definition) is 4. The van der Waals surface area contributed by atoms with Crippen LogP contribution in [0.5, 0.6) is 0 Å². The lowest BCUT2D eigenvalue weighted by atomic mass is 10.1. The van der Waals surface area contributed by atoms with E-state index in [0.717, 1.165) is 12.8 Å². The minimum absolute atomic E-state index is 0.0483. The van der Waals surface area contributed by atoms with E-state index in [1.165, 1.54) is 6.39 Å². The zero-order valence-corrected chi connectivity index (χ0v) is 9.47. The van der Waals surface area contributed by atoms with E-state index in [2.05, 4.69) is 10.3 Å². The Kier molecular flexibility index (Phi) is 3.12. The standard InChI is InChI=1S/C11H14N2O4/c1-6-10(12-5-17-6)11(16)13-8(4-9(14)15)7-2-3-7/h5,7-8H,2-4H2,1H3,(H,13,16)(H,14,15). The van der Waals surface area contributed by atoms with Crippen LogP contribution in [0.1, 0.15) is 35.5 Å². The SMILES string of the molecule is Cc1ocnc1C(=O)NC(CC(=O)O)C1CC1. The van der Waals surface area contributed by atoms with E-state index in [1.54, 1.807) is 6.92 Å². The molecule has 6 nitrogen and oxygen atoms in total. The van der Waals surface area contributed by atoms with Crippen LogP contribution in [0.4, 0.5) is 0 Å². The van der Waals surface area contributed by atoms with Crippen LogP contribution >= 0.6 is 0 Å². The molecule has 0 saturated heterocycles. The summed E-state index contributed by atoms with van der Waals surface area (Å²) in [7, 11) is 0. The topological polar surface area (TPSA) is 92.4 Å². The molecule has 1 saturated carbocycles. The summed E-state index contributed by atoms with van der Waals surface area (Å²) in [6.45, 7) is 1.64. The number of nitrogens with zero attached hydrogens (tertiary/aromatic N) is 1. The van der Waals surface area contributed by atoms with Gasteiger partial charge in [-0.25, -0.2) is 4.98 Å². The van der Waals surface area contributed by atoms with Gasteiger partial charge in [0.25, 0.3) is 5.91 Å². The molecule has 2 rings (SSSR count). The first-order chi connectivity index (χ1) is 8.08. The molecule has 6 heteroatoms. The van der Waals surface area contributed by atoms with Gasteiger partial charge in [-0.15, -0.1) is 0 Å². The van der Waals surface area contributed by atoms with Crippen LogP contribution in [0, 0.1) is 12.8 Å². The minimum Gasteiger partial charge on any atom is -0.481 e. The highest BCUT2D eigenvalue weighted by molar-refractivity contribution is 5.93. The summed E-state index contributed by atoms with van der Waals surface area (Å²) in [5, 5.41) is 11.5. The van der Waals surface area contributed by atoms with Gasteiger partial charge < -0.3 is 14.8 Å². The lowest BCUT2D eigenvalue weighted by molar-refractivity contribution is -0.137. The number of aryl methyl sites for hydroxylation is 1. The Morgan fingerprint density at radius 1 is 1.65 bits per heavy atom. The fourth-order valence-electron chi connectivity index (χ4n) is 1.78. The highest BCUT2D eigenvalue weighted by atomic mass is 16.4. The highest BCUT2D eigenvalue weighted by Gasteiger charge is 2.34. The van der Waals surface area contributed by atoms with Gasteiger partial charge in [0.05, 0.1) is 6.42 Å². The van der Waals surface area contributed by atoms with E-state index >= 15 is 0 Å². The Hall–Kier alpha value is -1.85. The van der Waals surface area contributed by atoms with E-state index in [0.29, 0.717) is 5.76 Å². The summed E-state index contributed by atoms with van der Waals surface area (Å²) in [6.07, 6.45) is 3.09. The summed E-state index contributed by atoms with van der Waals surface area (Å²) in [5.74, 6) is -0.553. The molecule has 92 valence electrons. The average molecular weight is 238 g/mol. The fraction of sp³-hybridized carbons (Fsp3) is 0.545. The van der Waals surface area contributed by atoms with Crippen LogP contribution in [-0.2, 0) is 4.79 Å². The van der Waals surface area contributed by atoms with Crippen molar-refractivity contribution in [2.24, 2.45) is 5.92 Å². The molecule has 1 aromatic rings. The monoisotopic (exact) mass is 238 g/mol. The normalized spacial score (nSPS) is 16.5. The molecule has 2 N–H and O–H groups in total. The lowest BCUT2D eigenvalue weighted by Crippen LogP contribution is -2.38. The molecule has 1 amide bonds. The molecule has 1 aliphatic carbocycles. The van der Waals surface area contributed by atoms with E-state index in [9.17, 15) is 9.59 Å². The predicted octanol–water partition coefficient (Wildman–Crippen LogP) is 0.966. The molecule has 1 fully saturated rings. The van der Waals surface area contributed by atoms with Crippen LogP contribution in [0.15, 0.2) is 10.8 Å². The predicted molar refractivity (Wildman–Crippen MR) is 57.5 cm³/mol. The number of aromatic nitrogens is 1. The zero-order chi connectivity index (χ0) is 12.4. The van der Waals surface area contributed by atoms with E-state index in [1.807, 2.05) is 0 Å². The zero-order valence-electron chi connectivity index (χ0n) is 9.47. The molecule has 0 spiro atoms. The number of carboxylic acids is 1. The number of carbonyl (C=O) groups excluding carboxylic acids is 1. The Balaban J connectivity index is 2.00. The van der Waals surface area contributed by atoms with Crippen molar-refractivity contribution in [2.45, 2.75) is 32.2 Å². The first-order valence-electron chi connectivity index (χ1n) is 5.50. The van der Waals surface area contributed by atoms with Crippen molar-refractivity contribution in [3.05, 3.63) is 17.8 Å². The quantitative estimate of drug-likeness (QED) is 0.797. The van der Waals surface area contributed by atoms with Gasteiger partial charge >= 0.3 is 5.97 Å². The van der Waals surface area contributed by atoms with Gasteiger partial charge in [-0.3, -0.25) is 9.59 Å². The van der Waals surface area contributed by atoms with Crippen molar-refractivity contribution in [1.29, 1.82) is 0 Å². The third kappa shape index (κ3) is 2.83. The molecule has 1 aromatic heterocycles. The van der Waals surface area contributed by atoms with Crippen LogP contribution in [0.3, 0.4) is 0 Å². The summed E-state index contributed by atoms with van der Waals surface area (Å²) < 4.78 is 4.94. The van der Waals surface area contributed by atoms with Gasteiger partial charge in [0.2, 0.25) is 0 Å². The molecular formula is C11H14N2O4. The Morgan fingerprint density at radius 2 is 2.35 bits per heavy atom. The second-order valence-electron chi connectivity index (χ2n) is 4.27. The van der Waals surface area contributed by atoms with Crippen LogP contribution in [-0.4, -0.2) is 28.0 Å². The summed E-state index contributed by atoms with van der Waals surface area (Å²) >= 11 is 0. The van der Waals surface area contributed by atoms with Gasteiger partial charge in [0.15, 0.2) is 12.1 Å². The maximum Gasteiger partial charge on any atom is 0.305 e. The Bertz CT molecular complexity index is 436. The van der Waals surface area contributed by atoms with Crippen molar-refractivity contribution >= 4 is 11.9 Å². The number of oxazole rings is 1. The average Bonchev–Trinajstić information content (AvgIpc) is 3.00. The number of carboxylic acid groups (broad SMARTS) is 1. The molecule has 0 aliphatic heterocycles. The second-order valence-corrected chi connectivity index (χ2v) is 4.27. The van der Waals surface area contributed by atoms with Gasteiger partial charge in [0, 0.05) is 6.04 Å². The number of nitrogens with one attached hydrogen (secondary N) is 1. The first kappa shape index (κ1) is 11.6. The third-order valence-electron chi connectivity index (χ3n) is 2.86. The fourth-order valence-corrected chi connectivity index (χ4v) is 1.78. The molecule has 0 bridgehead atoms. The van der Waals surface area contributed by atoms with Gasteiger partial charge in [0.1, 0.15) is 5.76 Å². The van der Waals surface area contributed by atoms with Crippen molar-refractivity contribution in [3.8, 4) is 0 Å². The minimum atomic E-state index is -0.904. The summed E-state index contributed by atoms with van der Waals surface area (Å²) in [6, 6.07) is -0.309. The maximum atomic E-state index is 11.8. The molecule has 0 aromatic carbocycles. The largest absolute Gasteiger partial charge is 0.481 e. The first-order valence-corrected chi connectivity index (χ1v) is 5.50. The van der Waals surface area contributed by atoms with Gasteiger partial charge in [-0.1, -0.05) is 0 Å². The van der Waals surface area contributed by atoms with Crippen molar-refractivity contribution in [3.63, 3.8) is 0 Å². The lowest BCUT2D eigenvalue weighted by Gasteiger charge is -2.15. The van der Waals surface area contributed by atoms with Crippen molar-refractivity contribution < 1.29 is 19.1 Å². The van der Waals surface area contributed by atoms with Gasteiger partial charge in [-0.2, -0.15) is 0 Å². The van der Waals surface area contributed by atoms with Crippen LogP contribution < -0.4 is 5.32 Å². The third-order valence-corrected chi connectivity index (χ3v) is 2.86. The molecule has 1 unspecified atom stereocenters. The molecule has 0 radical (unpaired) electrons. The van der Waals surface area contributed by atoms with E-state index < -0.39 is 5.97 Å². The Morgan fingerprint density at radius 3 is 2.82 bits per heavy atom. The van der Waals surface area contributed by atoms with E-state index in [-0.39, 0.29) is 30.0 Å². The number of hydrogen-bond donors (Lipinski definition) is 2. The smallest absolute Gasteiger partial charge is 0.305 e. The molecular weight excluding hydrogens is 224 g/mol. The van der Waals surface area contributed by atoms with Crippen LogP contribution in [0.2, 0.25) is 0 Å². The molecule has 1 heterocycles. The molecule has 1 aliphatic rings. The van der Waals surface area contributed by atoms with Gasteiger partial charge in [-0.05, 0) is 25.7 Å². The van der Waals surface area contributed by atoms with E-state index in [4.69, 9.17) is 9.52 Å². The maximum absolute atomic E-state index is 11.8. The summed E-state index contributed by atoms with van der Waals surface area (Å²) in [4.78, 5) is 26.3. The number of amides is 1. The van der Waals surface area contributed by atoms with Crippen molar-refractivity contribution in [1.82, 2.24) is 10.3 Å². The van der Waals surface area contributed by atoms with Crippen molar-refractivity contribution in [2.75, 3.05) is 0 Å².